The molecule has 0 unspecified atom stereocenters. The zero-order valence-corrected chi connectivity index (χ0v) is 15.9. The maximum atomic E-state index is 12.1. The van der Waals surface area contributed by atoms with Crippen LogP contribution in [0.2, 0.25) is 0 Å². The molecule has 0 saturated heterocycles. The third kappa shape index (κ3) is 8.45. The molecule has 1 aromatic rings. The summed E-state index contributed by atoms with van der Waals surface area (Å²) < 4.78 is 29.6. The number of sulfone groups is 1. The van der Waals surface area contributed by atoms with Crippen molar-refractivity contribution in [2.45, 2.75) is 51.9 Å². The summed E-state index contributed by atoms with van der Waals surface area (Å²) in [5.74, 6) is -0.654. The maximum absolute atomic E-state index is 12.1. The van der Waals surface area contributed by atoms with Crippen molar-refractivity contribution in [1.82, 2.24) is 5.32 Å². The van der Waals surface area contributed by atoms with Crippen LogP contribution >= 0.6 is 0 Å². The van der Waals surface area contributed by atoms with Gasteiger partial charge in [-0.15, -0.1) is 0 Å². The van der Waals surface area contributed by atoms with Gasteiger partial charge in [0.25, 0.3) is 0 Å². The van der Waals surface area contributed by atoms with Crippen LogP contribution in [-0.2, 0) is 25.1 Å². The number of hydrogen-bond acceptors (Lipinski definition) is 4. The van der Waals surface area contributed by atoms with E-state index in [1.54, 1.807) is 0 Å². The van der Waals surface area contributed by atoms with Gasteiger partial charge in [-0.05, 0) is 37.3 Å². The molecule has 0 saturated carbocycles. The molecule has 0 fully saturated rings. The van der Waals surface area contributed by atoms with Crippen LogP contribution in [0.1, 0.15) is 51.2 Å². The van der Waals surface area contributed by atoms with Gasteiger partial charge in [0.15, 0.2) is 9.84 Å². The van der Waals surface area contributed by atoms with Gasteiger partial charge < -0.3 is 10.1 Å². The van der Waals surface area contributed by atoms with E-state index >= 15 is 0 Å². The molecule has 136 valence electrons. The molecule has 5 nitrogen and oxygen atoms in total. The molecule has 0 bridgehead atoms. The molecule has 0 aliphatic carbocycles. The van der Waals surface area contributed by atoms with Gasteiger partial charge in [0.1, 0.15) is 5.75 Å². The number of nitrogens with one attached hydrogen (secondary N) is 1. The van der Waals surface area contributed by atoms with Crippen LogP contribution in [0.4, 0.5) is 0 Å². The summed E-state index contributed by atoms with van der Waals surface area (Å²) in [5, 5.41) is 2.62. The van der Waals surface area contributed by atoms with Crippen LogP contribution < -0.4 is 5.32 Å². The molecule has 0 aromatic heterocycles. The summed E-state index contributed by atoms with van der Waals surface area (Å²) in [4.78, 5) is 11.8. The molecule has 0 spiro atoms. The first-order chi connectivity index (χ1) is 11.2. The fraction of sp³-hybridized carbons (Fsp3) is 0.611. The van der Waals surface area contributed by atoms with Crippen LogP contribution in [0.3, 0.4) is 0 Å². The lowest BCUT2D eigenvalue weighted by molar-refractivity contribution is -0.118. The molecule has 1 rings (SSSR count). The Hall–Kier alpha value is -1.40. The minimum Gasteiger partial charge on any atom is -0.379 e. The highest BCUT2D eigenvalue weighted by Gasteiger charge is 2.17. The van der Waals surface area contributed by atoms with E-state index in [1.807, 2.05) is 38.1 Å². The van der Waals surface area contributed by atoms with Crippen molar-refractivity contribution in [3.05, 3.63) is 35.4 Å². The number of carbonyl (C=O) groups excluding carboxylic acids is 1. The van der Waals surface area contributed by atoms with Gasteiger partial charge in [0.2, 0.25) is 5.91 Å². The molecular formula is C18H29NO4S. The molecular weight excluding hydrogens is 326 g/mol. The number of ether oxygens (including phenoxy) is 1. The van der Waals surface area contributed by atoms with Crippen molar-refractivity contribution < 1.29 is 17.9 Å². The first-order valence-corrected chi connectivity index (χ1v) is 10.2. The Morgan fingerprint density at radius 3 is 2.29 bits per heavy atom. The van der Waals surface area contributed by atoms with E-state index in [0.717, 1.165) is 5.56 Å². The zero-order valence-electron chi connectivity index (χ0n) is 15.0. The Bertz CT molecular complexity index is 606. The first-order valence-electron chi connectivity index (χ1n) is 8.37. The van der Waals surface area contributed by atoms with E-state index in [2.05, 4.69) is 19.2 Å². The normalized spacial score (nSPS) is 11.9. The fourth-order valence-corrected chi connectivity index (χ4v) is 3.48. The molecule has 0 heterocycles. The van der Waals surface area contributed by atoms with Gasteiger partial charge in [-0.2, -0.15) is 0 Å². The number of benzene rings is 1. The monoisotopic (exact) mass is 355 g/mol. The van der Waals surface area contributed by atoms with Gasteiger partial charge >= 0.3 is 0 Å². The van der Waals surface area contributed by atoms with E-state index in [-0.39, 0.29) is 11.9 Å². The van der Waals surface area contributed by atoms with Crippen molar-refractivity contribution in [2.24, 2.45) is 0 Å². The predicted octanol–water partition coefficient (Wildman–Crippen LogP) is 2.66. The average Bonchev–Trinajstić information content (AvgIpc) is 2.46. The minimum absolute atomic E-state index is 0.116. The summed E-state index contributed by atoms with van der Waals surface area (Å²) in [6.07, 6.45) is 0.823. The van der Waals surface area contributed by atoms with Crippen LogP contribution in [0.25, 0.3) is 0 Å². The third-order valence-electron chi connectivity index (χ3n) is 3.48. The summed E-state index contributed by atoms with van der Waals surface area (Å²) in [6, 6.07) is 7.50. The Balaban J connectivity index is 2.41. The van der Waals surface area contributed by atoms with Crippen molar-refractivity contribution in [3.63, 3.8) is 0 Å². The maximum Gasteiger partial charge on any atom is 0.235 e. The number of carbonyl (C=O) groups is 1. The Labute approximate surface area is 145 Å². The number of hydrogen-bond donors (Lipinski definition) is 1. The molecule has 24 heavy (non-hydrogen) atoms. The van der Waals surface area contributed by atoms with E-state index in [9.17, 15) is 13.2 Å². The van der Waals surface area contributed by atoms with Crippen molar-refractivity contribution in [2.75, 3.05) is 18.9 Å². The second-order valence-corrected chi connectivity index (χ2v) is 8.62. The Morgan fingerprint density at radius 2 is 1.75 bits per heavy atom. The number of amides is 1. The van der Waals surface area contributed by atoms with Gasteiger partial charge in [0, 0.05) is 13.2 Å². The smallest absolute Gasteiger partial charge is 0.235 e. The largest absolute Gasteiger partial charge is 0.379 e. The number of rotatable bonds is 10. The van der Waals surface area contributed by atoms with Crippen molar-refractivity contribution in [3.8, 4) is 0 Å². The Kier molecular flexibility index (Phi) is 8.42. The lowest BCUT2D eigenvalue weighted by atomic mass is 10.0. The van der Waals surface area contributed by atoms with E-state index < -0.39 is 21.5 Å². The van der Waals surface area contributed by atoms with E-state index in [0.29, 0.717) is 31.1 Å². The van der Waals surface area contributed by atoms with Gasteiger partial charge in [0.05, 0.1) is 11.9 Å². The predicted molar refractivity (Wildman–Crippen MR) is 96.7 cm³/mol. The molecule has 1 amide bonds. The minimum atomic E-state index is -3.47. The van der Waals surface area contributed by atoms with Crippen LogP contribution in [-0.4, -0.2) is 39.3 Å². The molecule has 1 N–H and O–H groups in total. The second-order valence-electron chi connectivity index (χ2n) is 6.55. The Morgan fingerprint density at radius 1 is 1.12 bits per heavy atom. The average molecular weight is 356 g/mol. The topological polar surface area (TPSA) is 72.5 Å². The highest BCUT2D eigenvalue weighted by Crippen LogP contribution is 2.16. The van der Waals surface area contributed by atoms with Crippen LogP contribution in [0.5, 0.6) is 0 Å². The zero-order chi connectivity index (χ0) is 18.2. The van der Waals surface area contributed by atoms with Crippen LogP contribution in [0, 0.1) is 0 Å². The molecule has 6 heteroatoms. The standard InChI is InChI=1S/C18H29NO4S/c1-14(2)17-8-6-16(7-9-17)12-24(21,22)13-18(20)19-10-5-11-23-15(3)4/h6-9,14-15H,5,10-13H2,1-4H3,(H,19,20). The van der Waals surface area contributed by atoms with E-state index in [1.165, 1.54) is 0 Å². The van der Waals surface area contributed by atoms with Crippen molar-refractivity contribution >= 4 is 15.7 Å². The fourth-order valence-electron chi connectivity index (χ4n) is 2.17. The van der Waals surface area contributed by atoms with Gasteiger partial charge in [-0.1, -0.05) is 38.1 Å². The van der Waals surface area contributed by atoms with Gasteiger partial charge in [-0.3, -0.25) is 4.79 Å². The highest BCUT2D eigenvalue weighted by molar-refractivity contribution is 7.91. The van der Waals surface area contributed by atoms with Gasteiger partial charge in [-0.25, -0.2) is 8.42 Å². The SMILES string of the molecule is CC(C)OCCCNC(=O)CS(=O)(=O)Cc1ccc(C(C)C)cc1. The van der Waals surface area contributed by atoms with Crippen molar-refractivity contribution in [1.29, 1.82) is 0 Å². The molecule has 1 aromatic carbocycles. The highest BCUT2D eigenvalue weighted by atomic mass is 32.2. The molecule has 0 aliphatic heterocycles. The summed E-state index contributed by atoms with van der Waals surface area (Å²) in [7, 11) is -3.47. The van der Waals surface area contributed by atoms with Crippen LogP contribution in [0.15, 0.2) is 24.3 Å². The lowest BCUT2D eigenvalue weighted by Gasteiger charge is -2.09. The summed E-state index contributed by atoms with van der Waals surface area (Å²) in [6.45, 7) is 9.03. The third-order valence-corrected chi connectivity index (χ3v) is 4.95. The second kappa shape index (κ2) is 9.79. The summed E-state index contributed by atoms with van der Waals surface area (Å²) >= 11 is 0. The first kappa shape index (κ1) is 20.6. The quantitative estimate of drug-likeness (QED) is 0.655. The summed E-state index contributed by atoms with van der Waals surface area (Å²) in [5.41, 5.74) is 1.87. The van der Waals surface area contributed by atoms with E-state index in [4.69, 9.17) is 4.74 Å². The molecule has 0 radical (unpaired) electrons. The lowest BCUT2D eigenvalue weighted by Crippen LogP contribution is -2.32. The molecule has 0 atom stereocenters. The molecule has 0 aliphatic rings.